The van der Waals surface area contributed by atoms with Crippen LogP contribution < -0.4 is 4.74 Å². The molecule has 1 aliphatic heterocycles. The fraction of sp³-hybridized carbons (Fsp3) is 0.444. The Balaban J connectivity index is 1.60. The first-order chi connectivity index (χ1) is 17.5. The van der Waals surface area contributed by atoms with E-state index in [2.05, 4.69) is 9.80 Å². The van der Waals surface area contributed by atoms with E-state index in [1.54, 1.807) is 30.0 Å². The van der Waals surface area contributed by atoms with E-state index in [-0.39, 0.29) is 5.75 Å². The fourth-order valence-electron chi connectivity index (χ4n) is 4.32. The zero-order valence-corrected chi connectivity index (χ0v) is 21.0. The third kappa shape index (κ3) is 6.89. The van der Waals surface area contributed by atoms with E-state index in [1.807, 2.05) is 37.3 Å². The van der Waals surface area contributed by atoms with Gasteiger partial charge in [0.05, 0.1) is 42.9 Å². The lowest BCUT2D eigenvalue weighted by molar-refractivity contribution is 0.00431. The first kappa shape index (κ1) is 26.2. The van der Waals surface area contributed by atoms with Crippen LogP contribution >= 0.6 is 0 Å². The number of nitrogens with zero attached hydrogens (tertiary/aromatic N) is 4. The third-order valence-electron chi connectivity index (χ3n) is 6.22. The molecule has 0 spiro atoms. The minimum Gasteiger partial charge on any atom is -0.435 e. The van der Waals surface area contributed by atoms with Crippen molar-refractivity contribution in [3.63, 3.8) is 0 Å². The lowest BCUT2D eigenvalue weighted by Gasteiger charge is -2.31. The van der Waals surface area contributed by atoms with Gasteiger partial charge in [0, 0.05) is 46.4 Å². The minimum atomic E-state index is -0.541. The molecule has 2 heterocycles. The lowest BCUT2D eigenvalue weighted by atomic mass is 10.2. The molecule has 1 atom stereocenters. The van der Waals surface area contributed by atoms with Crippen molar-refractivity contribution < 1.29 is 23.7 Å². The van der Waals surface area contributed by atoms with Crippen molar-refractivity contribution in [3.05, 3.63) is 71.7 Å². The Morgan fingerprint density at radius 2 is 1.83 bits per heavy atom. The van der Waals surface area contributed by atoms with Crippen molar-refractivity contribution >= 4 is 0 Å². The predicted octanol–water partition coefficient (Wildman–Crippen LogP) is 3.25. The summed E-state index contributed by atoms with van der Waals surface area (Å²) in [5, 5.41) is 15.6. The molecule has 1 aromatic heterocycles. The van der Waals surface area contributed by atoms with Gasteiger partial charge >= 0.3 is 0 Å². The SMILES string of the molecule is COCCN(Cc1c(C)nn(-c2ccccc2)c1Oc1ccccc1F)C[C@@H](O)CN1CCOCC1. The molecule has 1 saturated heterocycles. The predicted molar refractivity (Wildman–Crippen MR) is 135 cm³/mol. The molecule has 3 aromatic rings. The topological polar surface area (TPSA) is 72.2 Å². The molecule has 194 valence electrons. The maximum absolute atomic E-state index is 14.5. The Morgan fingerprint density at radius 1 is 1.11 bits per heavy atom. The van der Waals surface area contributed by atoms with Crippen LogP contribution in [0.25, 0.3) is 5.69 Å². The van der Waals surface area contributed by atoms with Gasteiger partial charge in [-0.05, 0) is 31.2 Å². The summed E-state index contributed by atoms with van der Waals surface area (Å²) >= 11 is 0. The molecule has 0 amide bonds. The number of aliphatic hydroxyl groups is 1. The first-order valence-electron chi connectivity index (χ1n) is 12.3. The van der Waals surface area contributed by atoms with Gasteiger partial charge in [-0.3, -0.25) is 9.80 Å². The normalized spacial score (nSPS) is 15.4. The lowest BCUT2D eigenvalue weighted by Crippen LogP contribution is -2.45. The van der Waals surface area contributed by atoms with E-state index in [0.717, 1.165) is 30.0 Å². The molecule has 0 unspecified atom stereocenters. The van der Waals surface area contributed by atoms with Gasteiger partial charge in [0.25, 0.3) is 0 Å². The summed E-state index contributed by atoms with van der Waals surface area (Å²) in [5.41, 5.74) is 2.42. The molecule has 4 rings (SSSR count). The van der Waals surface area contributed by atoms with Crippen LogP contribution in [-0.4, -0.2) is 90.4 Å². The van der Waals surface area contributed by atoms with Gasteiger partial charge in [0.15, 0.2) is 11.6 Å². The second-order valence-corrected chi connectivity index (χ2v) is 8.94. The number of hydrogen-bond donors (Lipinski definition) is 1. The number of hydrogen-bond acceptors (Lipinski definition) is 7. The summed E-state index contributed by atoms with van der Waals surface area (Å²) in [6.45, 7) is 7.56. The zero-order valence-electron chi connectivity index (χ0n) is 21.0. The summed E-state index contributed by atoms with van der Waals surface area (Å²) in [5.74, 6) is 0.139. The number of ether oxygens (including phenoxy) is 3. The Morgan fingerprint density at radius 3 is 2.56 bits per heavy atom. The van der Waals surface area contributed by atoms with Crippen LogP contribution in [0.15, 0.2) is 54.6 Å². The van der Waals surface area contributed by atoms with Crippen molar-refractivity contribution in [1.82, 2.24) is 19.6 Å². The van der Waals surface area contributed by atoms with E-state index >= 15 is 0 Å². The van der Waals surface area contributed by atoms with Gasteiger partial charge in [-0.1, -0.05) is 30.3 Å². The van der Waals surface area contributed by atoms with Crippen molar-refractivity contribution in [2.45, 2.75) is 19.6 Å². The Hall–Kier alpha value is -2.82. The smallest absolute Gasteiger partial charge is 0.227 e. The van der Waals surface area contributed by atoms with Crippen molar-refractivity contribution in [2.75, 3.05) is 59.7 Å². The molecule has 2 aromatic carbocycles. The van der Waals surface area contributed by atoms with Gasteiger partial charge in [-0.2, -0.15) is 5.10 Å². The van der Waals surface area contributed by atoms with Crippen LogP contribution in [-0.2, 0) is 16.0 Å². The molecule has 0 saturated carbocycles. The summed E-state index contributed by atoms with van der Waals surface area (Å²) < 4.78 is 33.2. The molecular weight excluding hydrogens is 463 g/mol. The van der Waals surface area contributed by atoms with E-state index in [1.165, 1.54) is 6.07 Å². The molecule has 1 aliphatic rings. The molecule has 0 aliphatic carbocycles. The maximum atomic E-state index is 14.5. The third-order valence-corrected chi connectivity index (χ3v) is 6.22. The Bertz CT molecular complexity index is 1090. The van der Waals surface area contributed by atoms with E-state index in [4.69, 9.17) is 19.3 Å². The van der Waals surface area contributed by atoms with Crippen molar-refractivity contribution in [2.24, 2.45) is 0 Å². The van der Waals surface area contributed by atoms with Crippen LogP contribution in [0.4, 0.5) is 4.39 Å². The van der Waals surface area contributed by atoms with Crippen LogP contribution in [0.1, 0.15) is 11.3 Å². The Labute approximate surface area is 211 Å². The molecule has 8 nitrogen and oxygen atoms in total. The van der Waals surface area contributed by atoms with Gasteiger partial charge in [-0.15, -0.1) is 0 Å². The average molecular weight is 499 g/mol. The quantitative estimate of drug-likeness (QED) is 0.411. The van der Waals surface area contributed by atoms with Crippen molar-refractivity contribution in [1.29, 1.82) is 0 Å². The molecule has 1 N–H and O–H groups in total. The van der Waals surface area contributed by atoms with Crippen LogP contribution in [0.2, 0.25) is 0 Å². The largest absolute Gasteiger partial charge is 0.435 e. The first-order valence-corrected chi connectivity index (χ1v) is 12.3. The number of para-hydroxylation sites is 2. The Kier molecular flexibility index (Phi) is 9.43. The standard InChI is InChI=1S/C27H35FN4O4/c1-21-24(20-31(12-15-34-2)19-23(33)18-30-13-16-35-17-14-30)27(36-26-11-7-6-10-25(26)28)32(29-21)22-8-4-3-5-9-22/h3-11,23,33H,12-20H2,1-2H3/t23-/m0/s1. The van der Waals surface area contributed by atoms with Gasteiger partial charge < -0.3 is 19.3 Å². The number of benzene rings is 2. The minimum absolute atomic E-state index is 0.131. The molecule has 0 bridgehead atoms. The van der Waals surface area contributed by atoms with Crippen LogP contribution in [0.3, 0.4) is 0 Å². The number of aromatic nitrogens is 2. The fourth-order valence-corrected chi connectivity index (χ4v) is 4.32. The van der Waals surface area contributed by atoms with E-state index < -0.39 is 11.9 Å². The molecule has 9 heteroatoms. The molecule has 0 radical (unpaired) electrons. The van der Waals surface area contributed by atoms with Crippen LogP contribution in [0, 0.1) is 12.7 Å². The summed E-state index contributed by atoms with van der Waals surface area (Å²) in [6.07, 6.45) is -0.541. The number of aryl methyl sites for hydroxylation is 1. The highest BCUT2D eigenvalue weighted by atomic mass is 19.1. The van der Waals surface area contributed by atoms with Crippen LogP contribution in [0.5, 0.6) is 11.6 Å². The number of morpholine rings is 1. The highest BCUT2D eigenvalue weighted by Gasteiger charge is 2.24. The van der Waals surface area contributed by atoms with Gasteiger partial charge in [-0.25, -0.2) is 9.07 Å². The second kappa shape index (κ2) is 12.9. The molecular formula is C27H35FN4O4. The number of β-amino-alcohol motifs (C(OH)–C–C–N with tert-alkyl or cyclic N) is 1. The van der Waals surface area contributed by atoms with E-state index in [9.17, 15) is 9.50 Å². The second-order valence-electron chi connectivity index (χ2n) is 8.94. The van der Waals surface area contributed by atoms with Gasteiger partial charge in [0.2, 0.25) is 5.88 Å². The number of aliphatic hydroxyl groups excluding tert-OH is 1. The number of methoxy groups -OCH3 is 1. The van der Waals surface area contributed by atoms with E-state index in [0.29, 0.717) is 51.9 Å². The van der Waals surface area contributed by atoms with Crippen molar-refractivity contribution in [3.8, 4) is 17.3 Å². The summed E-state index contributed by atoms with van der Waals surface area (Å²) in [4.78, 5) is 4.34. The number of halogens is 1. The summed E-state index contributed by atoms with van der Waals surface area (Å²) in [7, 11) is 1.66. The zero-order chi connectivity index (χ0) is 25.3. The monoisotopic (exact) mass is 498 g/mol. The highest BCUT2D eigenvalue weighted by molar-refractivity contribution is 5.43. The van der Waals surface area contributed by atoms with Gasteiger partial charge in [0.1, 0.15) is 0 Å². The summed E-state index contributed by atoms with van der Waals surface area (Å²) in [6, 6.07) is 16.0. The molecule has 36 heavy (non-hydrogen) atoms. The highest BCUT2D eigenvalue weighted by Crippen LogP contribution is 2.32. The maximum Gasteiger partial charge on any atom is 0.227 e. The molecule has 1 fully saturated rings. The number of rotatable bonds is 12. The average Bonchev–Trinajstić information content (AvgIpc) is 3.19.